The first-order valence-corrected chi connectivity index (χ1v) is 8.10. The Kier molecular flexibility index (Phi) is 3.58. The first kappa shape index (κ1) is 14.0. The van der Waals surface area contributed by atoms with Crippen molar-refractivity contribution in [1.29, 1.82) is 0 Å². The number of para-hydroxylation sites is 2. The molecule has 1 N–H and O–H groups in total. The van der Waals surface area contributed by atoms with Crippen molar-refractivity contribution in [3.63, 3.8) is 0 Å². The normalized spacial score (nSPS) is 18.3. The average molecular weight is 305 g/mol. The predicted molar refractivity (Wildman–Crippen MR) is 90.4 cm³/mol. The van der Waals surface area contributed by atoms with E-state index in [1.54, 1.807) is 0 Å². The van der Waals surface area contributed by atoms with Gasteiger partial charge in [-0.1, -0.05) is 42.5 Å². The predicted octanol–water partition coefficient (Wildman–Crippen LogP) is 3.58. The summed E-state index contributed by atoms with van der Waals surface area (Å²) in [6.07, 6.45) is 2.17. The summed E-state index contributed by atoms with van der Waals surface area (Å²) in [6, 6.07) is 18.2. The molecule has 1 aliphatic rings. The maximum absolute atomic E-state index is 12.8. The highest BCUT2D eigenvalue weighted by molar-refractivity contribution is 5.94. The van der Waals surface area contributed by atoms with Gasteiger partial charge in [-0.25, -0.2) is 4.98 Å². The molecule has 0 bridgehead atoms. The van der Waals surface area contributed by atoms with Gasteiger partial charge in [-0.2, -0.15) is 0 Å². The van der Waals surface area contributed by atoms with Crippen LogP contribution in [0.15, 0.2) is 54.6 Å². The average Bonchev–Trinajstić information content (AvgIpc) is 3.06. The van der Waals surface area contributed by atoms with Gasteiger partial charge in [0.15, 0.2) is 5.82 Å². The monoisotopic (exact) mass is 305 g/mol. The summed E-state index contributed by atoms with van der Waals surface area (Å²) >= 11 is 0. The molecular weight excluding hydrogens is 286 g/mol. The summed E-state index contributed by atoms with van der Waals surface area (Å²) < 4.78 is 0. The fourth-order valence-electron chi connectivity index (χ4n) is 3.36. The SMILES string of the molecule is O=C(c1nc2ccccc2[nH]1)N1CCCC(c2ccccc2)C1. The topological polar surface area (TPSA) is 49.0 Å². The van der Waals surface area contributed by atoms with Crippen LogP contribution in [-0.4, -0.2) is 33.9 Å². The van der Waals surface area contributed by atoms with Crippen molar-refractivity contribution in [3.05, 3.63) is 66.0 Å². The molecule has 1 amide bonds. The van der Waals surface area contributed by atoms with Crippen molar-refractivity contribution in [3.8, 4) is 0 Å². The zero-order valence-electron chi connectivity index (χ0n) is 12.9. The molecule has 4 rings (SSSR count). The Balaban J connectivity index is 1.56. The summed E-state index contributed by atoms with van der Waals surface area (Å²) in [6.45, 7) is 1.57. The van der Waals surface area contributed by atoms with Gasteiger partial charge in [0.25, 0.3) is 5.91 Å². The fourth-order valence-corrected chi connectivity index (χ4v) is 3.36. The maximum Gasteiger partial charge on any atom is 0.289 e. The quantitative estimate of drug-likeness (QED) is 0.786. The lowest BCUT2D eigenvalue weighted by Gasteiger charge is -2.32. The third kappa shape index (κ3) is 2.72. The largest absolute Gasteiger partial charge is 0.335 e. The number of nitrogens with one attached hydrogen (secondary N) is 1. The number of piperidine rings is 1. The van der Waals surface area contributed by atoms with Crippen LogP contribution in [0.3, 0.4) is 0 Å². The number of H-pyrrole nitrogens is 1. The van der Waals surface area contributed by atoms with Crippen molar-refractivity contribution < 1.29 is 4.79 Å². The van der Waals surface area contributed by atoms with Crippen molar-refractivity contribution in [2.24, 2.45) is 0 Å². The lowest BCUT2D eigenvalue weighted by atomic mass is 9.90. The molecule has 4 nitrogen and oxygen atoms in total. The van der Waals surface area contributed by atoms with E-state index in [0.717, 1.165) is 37.0 Å². The van der Waals surface area contributed by atoms with Gasteiger partial charge in [0.2, 0.25) is 0 Å². The number of benzene rings is 2. The highest BCUT2D eigenvalue weighted by atomic mass is 16.2. The lowest BCUT2D eigenvalue weighted by molar-refractivity contribution is 0.0696. The van der Waals surface area contributed by atoms with Gasteiger partial charge in [0.1, 0.15) is 0 Å². The van der Waals surface area contributed by atoms with Crippen LogP contribution in [0.1, 0.15) is 34.9 Å². The highest BCUT2D eigenvalue weighted by Gasteiger charge is 2.26. The molecule has 0 spiro atoms. The minimum atomic E-state index is 0.00170. The molecule has 1 atom stereocenters. The van der Waals surface area contributed by atoms with E-state index >= 15 is 0 Å². The second kappa shape index (κ2) is 5.88. The first-order valence-electron chi connectivity index (χ1n) is 8.10. The molecule has 2 aromatic carbocycles. The molecule has 0 radical (unpaired) electrons. The zero-order valence-corrected chi connectivity index (χ0v) is 12.9. The summed E-state index contributed by atoms with van der Waals surface area (Å²) in [4.78, 5) is 22.3. The third-order valence-electron chi connectivity index (χ3n) is 4.57. The number of carbonyl (C=O) groups excluding carboxylic acids is 1. The molecule has 2 heterocycles. The summed E-state index contributed by atoms with van der Waals surface area (Å²) in [5.74, 6) is 0.861. The molecule has 1 fully saturated rings. The van der Waals surface area contributed by atoms with Crippen LogP contribution in [0.2, 0.25) is 0 Å². The van der Waals surface area contributed by atoms with Gasteiger partial charge < -0.3 is 9.88 Å². The summed E-state index contributed by atoms with van der Waals surface area (Å²) in [5.41, 5.74) is 3.06. The Morgan fingerprint density at radius 3 is 2.70 bits per heavy atom. The first-order chi connectivity index (χ1) is 11.3. The molecule has 1 saturated heterocycles. The second-order valence-electron chi connectivity index (χ2n) is 6.10. The van der Waals surface area contributed by atoms with E-state index in [2.05, 4.69) is 34.2 Å². The smallest absolute Gasteiger partial charge is 0.289 e. The Morgan fingerprint density at radius 1 is 1.09 bits per heavy atom. The van der Waals surface area contributed by atoms with Gasteiger partial charge in [-0.3, -0.25) is 4.79 Å². The van der Waals surface area contributed by atoms with E-state index in [0.29, 0.717) is 11.7 Å². The third-order valence-corrected chi connectivity index (χ3v) is 4.57. The minimum absolute atomic E-state index is 0.00170. The lowest BCUT2D eigenvalue weighted by Crippen LogP contribution is -2.39. The Hall–Kier alpha value is -2.62. The number of imidazole rings is 1. The number of rotatable bonds is 2. The standard InChI is InChI=1S/C19H19N3O/c23-19(18-20-16-10-4-5-11-17(16)21-18)22-12-6-9-15(13-22)14-7-2-1-3-8-14/h1-5,7-8,10-11,15H,6,9,12-13H2,(H,20,21). The molecule has 1 unspecified atom stereocenters. The van der Waals surface area contributed by atoms with E-state index in [9.17, 15) is 4.79 Å². The Bertz CT molecular complexity index is 792. The van der Waals surface area contributed by atoms with E-state index in [1.807, 2.05) is 35.2 Å². The Labute approximate surface area is 135 Å². The van der Waals surface area contributed by atoms with E-state index < -0.39 is 0 Å². The summed E-state index contributed by atoms with van der Waals surface area (Å²) in [7, 11) is 0. The van der Waals surface area contributed by atoms with Crippen LogP contribution in [-0.2, 0) is 0 Å². The molecule has 1 aliphatic heterocycles. The number of amides is 1. The number of hydrogen-bond acceptors (Lipinski definition) is 2. The number of carbonyl (C=O) groups is 1. The molecular formula is C19H19N3O. The molecule has 4 heteroatoms. The van der Waals surface area contributed by atoms with Gasteiger partial charge in [0.05, 0.1) is 11.0 Å². The molecule has 116 valence electrons. The zero-order chi connectivity index (χ0) is 15.6. The number of nitrogens with zero attached hydrogens (tertiary/aromatic N) is 2. The number of aromatic nitrogens is 2. The fraction of sp³-hybridized carbons (Fsp3) is 0.263. The number of aromatic amines is 1. The second-order valence-corrected chi connectivity index (χ2v) is 6.10. The van der Waals surface area contributed by atoms with Crippen LogP contribution < -0.4 is 0 Å². The number of fused-ring (bicyclic) bond motifs is 1. The van der Waals surface area contributed by atoms with E-state index in [-0.39, 0.29) is 5.91 Å². The van der Waals surface area contributed by atoms with Crippen LogP contribution in [0, 0.1) is 0 Å². The molecule has 3 aromatic rings. The Morgan fingerprint density at radius 2 is 1.87 bits per heavy atom. The van der Waals surface area contributed by atoms with Crippen molar-refractivity contribution >= 4 is 16.9 Å². The van der Waals surface area contributed by atoms with Gasteiger partial charge >= 0.3 is 0 Å². The minimum Gasteiger partial charge on any atom is -0.335 e. The van der Waals surface area contributed by atoms with Crippen molar-refractivity contribution in [1.82, 2.24) is 14.9 Å². The van der Waals surface area contributed by atoms with Gasteiger partial charge in [0, 0.05) is 19.0 Å². The maximum atomic E-state index is 12.8. The van der Waals surface area contributed by atoms with Crippen molar-refractivity contribution in [2.45, 2.75) is 18.8 Å². The van der Waals surface area contributed by atoms with E-state index in [1.165, 1.54) is 5.56 Å². The van der Waals surface area contributed by atoms with E-state index in [4.69, 9.17) is 0 Å². The van der Waals surface area contributed by atoms with Crippen LogP contribution in [0.4, 0.5) is 0 Å². The van der Waals surface area contributed by atoms with Gasteiger partial charge in [-0.05, 0) is 30.5 Å². The van der Waals surface area contributed by atoms with Crippen LogP contribution in [0.25, 0.3) is 11.0 Å². The van der Waals surface area contributed by atoms with Crippen LogP contribution in [0.5, 0.6) is 0 Å². The highest BCUT2D eigenvalue weighted by Crippen LogP contribution is 2.27. The number of hydrogen-bond donors (Lipinski definition) is 1. The molecule has 0 aliphatic carbocycles. The number of likely N-dealkylation sites (tertiary alicyclic amines) is 1. The van der Waals surface area contributed by atoms with Gasteiger partial charge in [-0.15, -0.1) is 0 Å². The molecule has 1 aromatic heterocycles. The van der Waals surface area contributed by atoms with Crippen LogP contribution >= 0.6 is 0 Å². The molecule has 0 saturated carbocycles. The van der Waals surface area contributed by atoms with Crippen molar-refractivity contribution in [2.75, 3.05) is 13.1 Å². The summed E-state index contributed by atoms with van der Waals surface area (Å²) in [5, 5.41) is 0. The molecule has 23 heavy (non-hydrogen) atoms.